The average Bonchev–Trinajstić information content (AvgIpc) is 2.69. The topological polar surface area (TPSA) is 52.7 Å². The standard InChI is InChI=1S/C21H25N3O2/c1-17-7-9-18(10-8-17)20(25)22-11-12-23-13-15-24(16-14-23)21(26)19-5-3-2-4-6-19/h2-10H,11-16H2,1H3,(H,22,25). The van der Waals surface area contributed by atoms with Gasteiger partial charge < -0.3 is 10.2 Å². The lowest BCUT2D eigenvalue weighted by molar-refractivity contribution is 0.0638. The average molecular weight is 351 g/mol. The van der Waals surface area contributed by atoms with Crippen LogP contribution in [0.15, 0.2) is 54.6 Å². The summed E-state index contributed by atoms with van der Waals surface area (Å²) in [5, 5.41) is 2.96. The number of nitrogens with zero attached hydrogens (tertiary/aromatic N) is 2. The maximum Gasteiger partial charge on any atom is 0.253 e. The molecule has 3 rings (SSSR count). The molecule has 0 aromatic heterocycles. The number of rotatable bonds is 5. The van der Waals surface area contributed by atoms with Crippen molar-refractivity contribution in [2.24, 2.45) is 0 Å². The Morgan fingerprint density at radius 1 is 0.885 bits per heavy atom. The fourth-order valence-electron chi connectivity index (χ4n) is 3.07. The van der Waals surface area contributed by atoms with Crippen molar-refractivity contribution in [3.05, 3.63) is 71.3 Å². The fraction of sp³-hybridized carbons (Fsp3) is 0.333. The number of hydrogen-bond donors (Lipinski definition) is 1. The van der Waals surface area contributed by atoms with Gasteiger partial charge in [0.15, 0.2) is 0 Å². The van der Waals surface area contributed by atoms with E-state index in [2.05, 4.69) is 10.2 Å². The van der Waals surface area contributed by atoms with E-state index >= 15 is 0 Å². The zero-order valence-electron chi connectivity index (χ0n) is 15.1. The number of benzene rings is 2. The van der Waals surface area contributed by atoms with Gasteiger partial charge in [-0.15, -0.1) is 0 Å². The van der Waals surface area contributed by atoms with Crippen LogP contribution in [0.3, 0.4) is 0 Å². The lowest BCUT2D eigenvalue weighted by atomic mass is 10.1. The maximum absolute atomic E-state index is 12.4. The van der Waals surface area contributed by atoms with E-state index in [1.54, 1.807) is 0 Å². The molecule has 26 heavy (non-hydrogen) atoms. The summed E-state index contributed by atoms with van der Waals surface area (Å²) in [5.41, 5.74) is 2.57. The van der Waals surface area contributed by atoms with Crippen molar-refractivity contribution in [3.8, 4) is 0 Å². The molecule has 0 spiro atoms. The molecule has 1 aliphatic heterocycles. The van der Waals surface area contributed by atoms with Crippen LogP contribution in [-0.2, 0) is 0 Å². The minimum absolute atomic E-state index is 0.0390. The van der Waals surface area contributed by atoms with Gasteiger partial charge in [0, 0.05) is 50.4 Å². The van der Waals surface area contributed by atoms with Gasteiger partial charge in [-0.05, 0) is 31.2 Å². The van der Waals surface area contributed by atoms with Crippen LogP contribution in [0.4, 0.5) is 0 Å². The monoisotopic (exact) mass is 351 g/mol. The highest BCUT2D eigenvalue weighted by atomic mass is 16.2. The number of carbonyl (C=O) groups is 2. The van der Waals surface area contributed by atoms with Crippen LogP contribution in [0.2, 0.25) is 0 Å². The van der Waals surface area contributed by atoms with Gasteiger partial charge in [0.05, 0.1) is 0 Å². The van der Waals surface area contributed by atoms with Crippen LogP contribution in [0.1, 0.15) is 26.3 Å². The molecular weight excluding hydrogens is 326 g/mol. The van der Waals surface area contributed by atoms with E-state index < -0.39 is 0 Å². The Balaban J connectivity index is 1.39. The second-order valence-corrected chi connectivity index (χ2v) is 6.62. The molecule has 1 heterocycles. The highest BCUT2D eigenvalue weighted by Gasteiger charge is 2.21. The molecule has 136 valence electrons. The molecule has 1 aliphatic rings. The Morgan fingerprint density at radius 2 is 1.54 bits per heavy atom. The Kier molecular flexibility index (Phi) is 6.02. The molecule has 5 heteroatoms. The number of carbonyl (C=O) groups excluding carboxylic acids is 2. The van der Waals surface area contributed by atoms with Crippen LogP contribution in [0.25, 0.3) is 0 Å². The number of nitrogens with one attached hydrogen (secondary N) is 1. The van der Waals surface area contributed by atoms with E-state index in [1.165, 1.54) is 0 Å². The molecule has 1 fully saturated rings. The first kappa shape index (κ1) is 18.1. The summed E-state index contributed by atoms with van der Waals surface area (Å²) in [6.45, 7) is 6.52. The van der Waals surface area contributed by atoms with Crippen molar-refractivity contribution in [2.45, 2.75) is 6.92 Å². The largest absolute Gasteiger partial charge is 0.351 e. The van der Waals surface area contributed by atoms with Gasteiger partial charge in [0.1, 0.15) is 0 Å². The molecule has 5 nitrogen and oxygen atoms in total. The SMILES string of the molecule is Cc1ccc(C(=O)NCCN2CCN(C(=O)c3ccccc3)CC2)cc1. The lowest BCUT2D eigenvalue weighted by Crippen LogP contribution is -2.50. The van der Waals surface area contributed by atoms with Crippen LogP contribution < -0.4 is 5.32 Å². The number of hydrogen-bond acceptors (Lipinski definition) is 3. The number of aryl methyl sites for hydroxylation is 1. The Morgan fingerprint density at radius 3 is 2.19 bits per heavy atom. The molecule has 0 radical (unpaired) electrons. The van der Waals surface area contributed by atoms with Crippen LogP contribution in [-0.4, -0.2) is 60.9 Å². The van der Waals surface area contributed by atoms with Gasteiger partial charge in [-0.2, -0.15) is 0 Å². The third-order valence-corrected chi connectivity index (χ3v) is 4.71. The van der Waals surface area contributed by atoms with Gasteiger partial charge in [0.2, 0.25) is 0 Å². The van der Waals surface area contributed by atoms with Gasteiger partial charge in [-0.25, -0.2) is 0 Å². The predicted molar refractivity (Wildman–Crippen MR) is 102 cm³/mol. The summed E-state index contributed by atoms with van der Waals surface area (Å²) in [4.78, 5) is 28.7. The molecule has 2 amide bonds. The molecule has 0 saturated carbocycles. The first-order valence-electron chi connectivity index (χ1n) is 9.05. The van der Waals surface area contributed by atoms with E-state index in [1.807, 2.05) is 66.4 Å². The summed E-state index contributed by atoms with van der Waals surface area (Å²) in [5.74, 6) is 0.0563. The van der Waals surface area contributed by atoms with Crippen LogP contribution in [0.5, 0.6) is 0 Å². The van der Waals surface area contributed by atoms with Crippen molar-refractivity contribution in [1.82, 2.24) is 15.1 Å². The maximum atomic E-state index is 12.4. The van der Waals surface area contributed by atoms with E-state index in [0.717, 1.165) is 43.9 Å². The predicted octanol–water partition coefficient (Wildman–Crippen LogP) is 2.18. The Hall–Kier alpha value is -2.66. The van der Waals surface area contributed by atoms with Crippen LogP contribution in [0, 0.1) is 6.92 Å². The molecule has 0 unspecified atom stereocenters. The fourth-order valence-corrected chi connectivity index (χ4v) is 3.07. The van der Waals surface area contributed by atoms with Gasteiger partial charge in [-0.3, -0.25) is 14.5 Å². The summed E-state index contributed by atoms with van der Waals surface area (Å²) in [6.07, 6.45) is 0. The van der Waals surface area contributed by atoms with Gasteiger partial charge >= 0.3 is 0 Å². The van der Waals surface area contributed by atoms with Crippen molar-refractivity contribution in [2.75, 3.05) is 39.3 Å². The molecule has 2 aromatic rings. The minimum Gasteiger partial charge on any atom is -0.351 e. The molecule has 0 atom stereocenters. The first-order chi connectivity index (χ1) is 12.6. The van der Waals surface area contributed by atoms with Crippen molar-refractivity contribution >= 4 is 11.8 Å². The van der Waals surface area contributed by atoms with E-state index in [9.17, 15) is 9.59 Å². The van der Waals surface area contributed by atoms with E-state index in [-0.39, 0.29) is 11.8 Å². The van der Waals surface area contributed by atoms with Crippen molar-refractivity contribution in [3.63, 3.8) is 0 Å². The lowest BCUT2D eigenvalue weighted by Gasteiger charge is -2.34. The summed E-state index contributed by atoms with van der Waals surface area (Å²) >= 11 is 0. The second kappa shape index (κ2) is 8.63. The van der Waals surface area contributed by atoms with Crippen molar-refractivity contribution in [1.29, 1.82) is 0 Å². The smallest absolute Gasteiger partial charge is 0.253 e. The van der Waals surface area contributed by atoms with Crippen LogP contribution >= 0.6 is 0 Å². The highest BCUT2D eigenvalue weighted by Crippen LogP contribution is 2.08. The third kappa shape index (κ3) is 4.70. The molecule has 1 N–H and O–H groups in total. The number of piperazine rings is 1. The van der Waals surface area contributed by atoms with Crippen molar-refractivity contribution < 1.29 is 9.59 Å². The Labute approximate surface area is 154 Å². The summed E-state index contributed by atoms with van der Waals surface area (Å²) < 4.78 is 0. The number of amides is 2. The molecule has 1 saturated heterocycles. The van der Waals surface area contributed by atoms with E-state index in [0.29, 0.717) is 12.1 Å². The van der Waals surface area contributed by atoms with E-state index in [4.69, 9.17) is 0 Å². The summed E-state index contributed by atoms with van der Waals surface area (Å²) in [7, 11) is 0. The Bertz CT molecular complexity index is 736. The van der Waals surface area contributed by atoms with Gasteiger partial charge in [0.25, 0.3) is 11.8 Å². The van der Waals surface area contributed by atoms with Gasteiger partial charge in [-0.1, -0.05) is 35.9 Å². The molecule has 2 aromatic carbocycles. The minimum atomic E-state index is -0.0390. The zero-order valence-corrected chi connectivity index (χ0v) is 15.1. The molecular formula is C21H25N3O2. The first-order valence-corrected chi connectivity index (χ1v) is 9.05. The molecule has 0 aliphatic carbocycles. The highest BCUT2D eigenvalue weighted by molar-refractivity contribution is 5.94. The quantitative estimate of drug-likeness (QED) is 0.898. The third-order valence-electron chi connectivity index (χ3n) is 4.71. The summed E-state index contributed by atoms with van der Waals surface area (Å²) in [6, 6.07) is 17.0. The molecule has 0 bridgehead atoms. The zero-order chi connectivity index (χ0) is 18.4. The normalized spacial score (nSPS) is 14.9. The second-order valence-electron chi connectivity index (χ2n) is 6.62.